The summed E-state index contributed by atoms with van der Waals surface area (Å²) >= 11 is 6.50. The highest BCUT2D eigenvalue weighted by Gasteiger charge is 2.21. The first-order chi connectivity index (χ1) is 16.1. The van der Waals surface area contributed by atoms with Crippen LogP contribution in [0.3, 0.4) is 0 Å². The summed E-state index contributed by atoms with van der Waals surface area (Å²) in [6.45, 7) is 3.00. The second-order valence-electron chi connectivity index (χ2n) is 8.24. The van der Waals surface area contributed by atoms with Crippen molar-refractivity contribution in [2.24, 2.45) is 5.92 Å². The Balaban J connectivity index is 1.50. The molecule has 0 aliphatic carbocycles. The number of fused-ring (bicyclic) bond motifs is 1. The molecule has 1 aliphatic rings. The number of anilines is 1. The molecule has 4 aromatic rings. The lowest BCUT2D eigenvalue weighted by Gasteiger charge is -2.24. The minimum absolute atomic E-state index is 0.265. The molecule has 0 spiro atoms. The molecule has 0 bridgehead atoms. The van der Waals surface area contributed by atoms with Gasteiger partial charge in [-0.1, -0.05) is 29.8 Å². The summed E-state index contributed by atoms with van der Waals surface area (Å²) in [5, 5.41) is 7.19. The molecule has 1 saturated heterocycles. The SMILES string of the molecule is Fc1ccc(CNc2ncc3nc(-c4ccccc4Cl)n(C[C@@H]4CCCNC4)c3n2)cc1F. The average molecular weight is 469 g/mol. The second kappa shape index (κ2) is 9.41. The summed E-state index contributed by atoms with van der Waals surface area (Å²) < 4.78 is 28.8. The molecule has 3 heterocycles. The predicted molar refractivity (Wildman–Crippen MR) is 125 cm³/mol. The normalized spacial score (nSPS) is 16.3. The molecule has 33 heavy (non-hydrogen) atoms. The van der Waals surface area contributed by atoms with Crippen molar-refractivity contribution in [3.8, 4) is 11.4 Å². The lowest BCUT2D eigenvalue weighted by Crippen LogP contribution is -2.32. The van der Waals surface area contributed by atoms with E-state index >= 15 is 0 Å². The summed E-state index contributed by atoms with van der Waals surface area (Å²) in [7, 11) is 0. The predicted octanol–water partition coefficient (Wildman–Crippen LogP) is 5.04. The van der Waals surface area contributed by atoms with Crippen molar-refractivity contribution in [3.63, 3.8) is 0 Å². The van der Waals surface area contributed by atoms with E-state index in [1.165, 1.54) is 6.07 Å². The maximum Gasteiger partial charge on any atom is 0.225 e. The third-order valence-corrected chi connectivity index (χ3v) is 6.21. The number of piperidine rings is 1. The summed E-state index contributed by atoms with van der Waals surface area (Å²) in [5.74, 6) is -0.154. The van der Waals surface area contributed by atoms with Crippen LogP contribution in [0, 0.1) is 17.6 Å². The smallest absolute Gasteiger partial charge is 0.225 e. The molecule has 1 aliphatic heterocycles. The first-order valence-electron chi connectivity index (χ1n) is 10.9. The van der Waals surface area contributed by atoms with E-state index in [1.54, 1.807) is 6.20 Å². The fourth-order valence-corrected chi connectivity index (χ4v) is 4.41. The highest BCUT2D eigenvalue weighted by molar-refractivity contribution is 6.33. The standard InChI is InChI=1S/C24H23ClF2N6/c25-18-6-2-1-5-17(18)22-31-21-13-30-24(29-12-15-7-8-19(26)20(27)10-15)32-23(21)33(22)14-16-4-3-9-28-11-16/h1-2,5-8,10,13,16,28H,3-4,9,11-12,14H2,(H,29,30,32)/t16-/m1/s1. The molecule has 0 amide bonds. The van der Waals surface area contributed by atoms with Crippen molar-refractivity contribution in [1.29, 1.82) is 0 Å². The molecule has 2 aromatic heterocycles. The van der Waals surface area contributed by atoms with Crippen LogP contribution in [0.25, 0.3) is 22.6 Å². The molecule has 1 atom stereocenters. The van der Waals surface area contributed by atoms with Crippen LogP contribution in [-0.2, 0) is 13.1 Å². The van der Waals surface area contributed by atoms with Gasteiger partial charge in [-0.2, -0.15) is 4.98 Å². The van der Waals surface area contributed by atoms with Gasteiger partial charge in [0.15, 0.2) is 17.3 Å². The largest absolute Gasteiger partial charge is 0.350 e. The van der Waals surface area contributed by atoms with Gasteiger partial charge in [-0.15, -0.1) is 0 Å². The van der Waals surface area contributed by atoms with Crippen LogP contribution in [0.2, 0.25) is 5.02 Å². The number of hydrogen-bond donors (Lipinski definition) is 2. The summed E-state index contributed by atoms with van der Waals surface area (Å²) in [6.07, 6.45) is 3.93. The van der Waals surface area contributed by atoms with E-state index in [2.05, 4.69) is 20.2 Å². The van der Waals surface area contributed by atoms with Crippen molar-refractivity contribution in [2.75, 3.05) is 18.4 Å². The number of rotatable bonds is 6. The summed E-state index contributed by atoms with van der Waals surface area (Å²) in [4.78, 5) is 13.9. The van der Waals surface area contributed by atoms with Gasteiger partial charge in [0.2, 0.25) is 5.95 Å². The lowest BCUT2D eigenvalue weighted by atomic mass is 9.99. The minimum atomic E-state index is -0.880. The van der Waals surface area contributed by atoms with Crippen LogP contribution in [0.15, 0.2) is 48.7 Å². The van der Waals surface area contributed by atoms with E-state index in [0.717, 1.165) is 56.0 Å². The Hall–Kier alpha value is -3.10. The van der Waals surface area contributed by atoms with E-state index in [-0.39, 0.29) is 6.54 Å². The van der Waals surface area contributed by atoms with Crippen LogP contribution in [-0.4, -0.2) is 32.6 Å². The van der Waals surface area contributed by atoms with Crippen molar-refractivity contribution in [2.45, 2.75) is 25.9 Å². The molecular formula is C24H23ClF2N6. The van der Waals surface area contributed by atoms with Crippen LogP contribution in [0.4, 0.5) is 14.7 Å². The Labute approximate surface area is 195 Å². The zero-order chi connectivity index (χ0) is 22.8. The van der Waals surface area contributed by atoms with Crippen LogP contribution in [0.1, 0.15) is 18.4 Å². The number of aromatic nitrogens is 4. The molecule has 2 N–H and O–H groups in total. The maximum atomic E-state index is 13.5. The molecule has 2 aromatic carbocycles. The van der Waals surface area contributed by atoms with Crippen molar-refractivity contribution in [1.82, 2.24) is 24.8 Å². The number of hydrogen-bond acceptors (Lipinski definition) is 5. The quantitative estimate of drug-likeness (QED) is 0.415. The monoisotopic (exact) mass is 468 g/mol. The highest BCUT2D eigenvalue weighted by Crippen LogP contribution is 2.31. The maximum absolute atomic E-state index is 13.5. The van der Waals surface area contributed by atoms with Crippen molar-refractivity contribution in [3.05, 3.63) is 70.9 Å². The van der Waals surface area contributed by atoms with Gasteiger partial charge in [0.05, 0.1) is 11.2 Å². The zero-order valence-corrected chi connectivity index (χ0v) is 18.6. The number of benzene rings is 2. The first kappa shape index (κ1) is 21.7. The average Bonchev–Trinajstić information content (AvgIpc) is 3.18. The van der Waals surface area contributed by atoms with E-state index in [4.69, 9.17) is 21.6 Å². The first-order valence-corrected chi connectivity index (χ1v) is 11.3. The Morgan fingerprint density at radius 3 is 2.79 bits per heavy atom. The van der Waals surface area contributed by atoms with Gasteiger partial charge in [0.25, 0.3) is 0 Å². The molecule has 5 rings (SSSR count). The van der Waals surface area contributed by atoms with Gasteiger partial charge in [0.1, 0.15) is 11.3 Å². The van der Waals surface area contributed by atoms with E-state index in [9.17, 15) is 8.78 Å². The number of imidazole rings is 1. The lowest BCUT2D eigenvalue weighted by molar-refractivity contribution is 0.341. The fraction of sp³-hybridized carbons (Fsp3) is 0.292. The number of nitrogens with zero attached hydrogens (tertiary/aromatic N) is 4. The molecule has 1 fully saturated rings. The Kier molecular flexibility index (Phi) is 6.20. The topological polar surface area (TPSA) is 67.7 Å². The van der Waals surface area contributed by atoms with Crippen molar-refractivity contribution >= 4 is 28.7 Å². The fourth-order valence-electron chi connectivity index (χ4n) is 4.19. The van der Waals surface area contributed by atoms with Crippen molar-refractivity contribution < 1.29 is 8.78 Å². The minimum Gasteiger partial charge on any atom is -0.350 e. The van der Waals surface area contributed by atoms with E-state index < -0.39 is 11.6 Å². The molecule has 0 unspecified atom stereocenters. The highest BCUT2D eigenvalue weighted by atomic mass is 35.5. The van der Waals surface area contributed by atoms with E-state index in [1.807, 2.05) is 24.3 Å². The van der Waals surface area contributed by atoms with E-state index in [0.29, 0.717) is 33.6 Å². The van der Waals surface area contributed by atoms with Gasteiger partial charge >= 0.3 is 0 Å². The molecule has 0 saturated carbocycles. The second-order valence-corrected chi connectivity index (χ2v) is 8.65. The van der Waals surface area contributed by atoms with Gasteiger partial charge in [-0.25, -0.2) is 18.7 Å². The number of halogens is 3. The van der Waals surface area contributed by atoms with Gasteiger partial charge < -0.3 is 15.2 Å². The number of nitrogens with one attached hydrogen (secondary N) is 2. The molecule has 6 nitrogen and oxygen atoms in total. The Bertz CT molecular complexity index is 1290. The summed E-state index contributed by atoms with van der Waals surface area (Å²) in [6, 6.07) is 11.4. The Morgan fingerprint density at radius 2 is 2.00 bits per heavy atom. The Morgan fingerprint density at radius 1 is 1.12 bits per heavy atom. The third-order valence-electron chi connectivity index (χ3n) is 5.88. The van der Waals surface area contributed by atoms with Crippen LogP contribution in [0.5, 0.6) is 0 Å². The summed E-state index contributed by atoms with van der Waals surface area (Å²) in [5.41, 5.74) is 2.82. The van der Waals surface area contributed by atoms with Gasteiger partial charge in [-0.3, -0.25) is 0 Å². The molecule has 9 heteroatoms. The van der Waals surface area contributed by atoms with Gasteiger partial charge in [0, 0.05) is 18.7 Å². The van der Waals surface area contributed by atoms with Gasteiger partial charge in [-0.05, 0) is 61.7 Å². The van der Waals surface area contributed by atoms with Crippen LogP contribution >= 0.6 is 11.6 Å². The molecule has 170 valence electrons. The molecule has 0 radical (unpaired) electrons. The van der Waals surface area contributed by atoms with Crippen LogP contribution < -0.4 is 10.6 Å². The zero-order valence-electron chi connectivity index (χ0n) is 17.9. The molecular weight excluding hydrogens is 446 g/mol. The third kappa shape index (κ3) is 4.67.